The summed E-state index contributed by atoms with van der Waals surface area (Å²) in [7, 11) is 0. The molecule has 3 nitrogen and oxygen atoms in total. The third-order valence-electron chi connectivity index (χ3n) is 4.79. The van der Waals surface area contributed by atoms with Gasteiger partial charge in [-0.05, 0) is 73.4 Å². The number of halogens is 2. The standard InChI is InChI=1S/C21H26F2N2OS2/c1-11(2)14-7-13(22)8-15(12-5-6-12)16(14)9-19(24)25-28-20-17(23)10-18(27-20)21(3,4)26/h7-8,10-12,26H,5-6,9H2,1-4H3,(H2,24,25). The fraction of sp³-hybridized carbons (Fsp3) is 0.476. The minimum Gasteiger partial charge on any atom is -0.386 e. The Kier molecular flexibility index (Phi) is 6.17. The number of benzene rings is 1. The maximum atomic E-state index is 14.1. The first kappa shape index (κ1) is 21.3. The van der Waals surface area contributed by atoms with E-state index in [-0.39, 0.29) is 11.7 Å². The zero-order valence-corrected chi connectivity index (χ0v) is 18.2. The van der Waals surface area contributed by atoms with Crippen molar-refractivity contribution in [3.05, 3.63) is 51.4 Å². The number of nitrogens with two attached hydrogens (primary N) is 1. The molecule has 1 aliphatic carbocycles. The number of hydrogen-bond acceptors (Lipinski definition) is 4. The van der Waals surface area contributed by atoms with E-state index in [2.05, 4.69) is 4.40 Å². The molecule has 0 atom stereocenters. The highest BCUT2D eigenvalue weighted by molar-refractivity contribution is 8.00. The molecule has 3 N–H and O–H groups in total. The van der Waals surface area contributed by atoms with Crippen LogP contribution in [0.15, 0.2) is 26.8 Å². The highest BCUT2D eigenvalue weighted by atomic mass is 32.2. The monoisotopic (exact) mass is 424 g/mol. The Morgan fingerprint density at radius 2 is 2.00 bits per heavy atom. The van der Waals surface area contributed by atoms with Crippen LogP contribution >= 0.6 is 23.3 Å². The molecule has 0 saturated heterocycles. The van der Waals surface area contributed by atoms with Crippen LogP contribution in [-0.4, -0.2) is 10.9 Å². The van der Waals surface area contributed by atoms with E-state index < -0.39 is 11.4 Å². The number of aliphatic hydroxyl groups is 1. The van der Waals surface area contributed by atoms with E-state index in [1.807, 2.05) is 13.8 Å². The molecule has 3 rings (SSSR count). The van der Waals surface area contributed by atoms with Gasteiger partial charge in [-0.15, -0.1) is 11.3 Å². The van der Waals surface area contributed by atoms with Gasteiger partial charge in [-0.1, -0.05) is 13.8 Å². The van der Waals surface area contributed by atoms with Gasteiger partial charge in [0.1, 0.15) is 21.7 Å². The first-order valence-corrected chi connectivity index (χ1v) is 11.0. The summed E-state index contributed by atoms with van der Waals surface area (Å²) in [5.74, 6) is 0.324. The van der Waals surface area contributed by atoms with Crippen LogP contribution in [0.5, 0.6) is 0 Å². The van der Waals surface area contributed by atoms with Crippen LogP contribution in [0.2, 0.25) is 0 Å². The van der Waals surface area contributed by atoms with E-state index in [1.54, 1.807) is 26.0 Å². The van der Waals surface area contributed by atoms with Gasteiger partial charge in [-0.3, -0.25) is 0 Å². The van der Waals surface area contributed by atoms with Crippen molar-refractivity contribution in [1.82, 2.24) is 0 Å². The van der Waals surface area contributed by atoms with E-state index in [0.717, 1.165) is 41.5 Å². The molecule has 0 unspecified atom stereocenters. The van der Waals surface area contributed by atoms with Crippen LogP contribution in [0.4, 0.5) is 8.78 Å². The summed E-state index contributed by atoms with van der Waals surface area (Å²) in [5, 5.41) is 10.0. The van der Waals surface area contributed by atoms with Crippen LogP contribution in [0, 0.1) is 11.6 Å². The summed E-state index contributed by atoms with van der Waals surface area (Å²) in [4.78, 5) is 0.540. The lowest BCUT2D eigenvalue weighted by atomic mass is 9.89. The second kappa shape index (κ2) is 8.13. The highest BCUT2D eigenvalue weighted by Crippen LogP contribution is 2.44. The fourth-order valence-corrected chi connectivity index (χ4v) is 4.90. The van der Waals surface area contributed by atoms with E-state index in [0.29, 0.717) is 27.3 Å². The predicted octanol–water partition coefficient (Wildman–Crippen LogP) is 5.86. The van der Waals surface area contributed by atoms with Gasteiger partial charge < -0.3 is 10.8 Å². The lowest BCUT2D eigenvalue weighted by Crippen LogP contribution is -2.17. The molecule has 0 radical (unpaired) electrons. The molecule has 1 aromatic heterocycles. The molecule has 0 amide bonds. The average Bonchev–Trinajstić information content (AvgIpc) is 3.36. The maximum Gasteiger partial charge on any atom is 0.149 e. The smallest absolute Gasteiger partial charge is 0.149 e. The largest absolute Gasteiger partial charge is 0.386 e. The van der Waals surface area contributed by atoms with E-state index in [1.165, 1.54) is 17.4 Å². The van der Waals surface area contributed by atoms with Crippen molar-refractivity contribution in [3.63, 3.8) is 0 Å². The van der Waals surface area contributed by atoms with Gasteiger partial charge in [0.2, 0.25) is 0 Å². The molecule has 7 heteroatoms. The first-order chi connectivity index (χ1) is 13.1. The Morgan fingerprint density at radius 3 is 2.54 bits per heavy atom. The fourth-order valence-electron chi connectivity index (χ4n) is 3.19. The van der Waals surface area contributed by atoms with Crippen molar-refractivity contribution >= 4 is 29.1 Å². The Hall–Kier alpha value is -1.44. The topological polar surface area (TPSA) is 58.6 Å². The molecular weight excluding hydrogens is 398 g/mol. The second-order valence-corrected chi connectivity index (χ2v) is 10.2. The van der Waals surface area contributed by atoms with Gasteiger partial charge in [0.25, 0.3) is 0 Å². The first-order valence-electron chi connectivity index (χ1n) is 9.40. The molecule has 1 aliphatic rings. The number of rotatable bonds is 7. The Balaban J connectivity index is 1.83. The lowest BCUT2D eigenvalue weighted by molar-refractivity contribution is 0.0823. The number of thiophene rings is 1. The zero-order valence-electron chi connectivity index (χ0n) is 16.6. The van der Waals surface area contributed by atoms with Gasteiger partial charge >= 0.3 is 0 Å². The molecule has 0 spiro atoms. The van der Waals surface area contributed by atoms with Crippen LogP contribution in [0.1, 0.15) is 73.9 Å². The number of amidine groups is 1. The predicted molar refractivity (Wildman–Crippen MR) is 113 cm³/mol. The molecule has 1 aromatic carbocycles. The van der Waals surface area contributed by atoms with Gasteiger partial charge in [-0.25, -0.2) is 8.78 Å². The summed E-state index contributed by atoms with van der Waals surface area (Å²) in [5.41, 5.74) is 8.09. The average molecular weight is 425 g/mol. The number of nitrogens with zero attached hydrogens (tertiary/aromatic N) is 1. The van der Waals surface area contributed by atoms with Crippen molar-refractivity contribution in [2.24, 2.45) is 10.1 Å². The Bertz CT molecular complexity index is 873. The van der Waals surface area contributed by atoms with Crippen LogP contribution in [0.3, 0.4) is 0 Å². The van der Waals surface area contributed by atoms with Crippen molar-refractivity contribution in [3.8, 4) is 0 Å². The number of hydrogen-bond donors (Lipinski definition) is 2. The normalized spacial score (nSPS) is 15.5. The van der Waals surface area contributed by atoms with E-state index in [4.69, 9.17) is 5.73 Å². The van der Waals surface area contributed by atoms with Crippen molar-refractivity contribution in [2.45, 2.75) is 68.6 Å². The van der Waals surface area contributed by atoms with Crippen molar-refractivity contribution in [1.29, 1.82) is 0 Å². The third kappa shape index (κ3) is 4.93. The van der Waals surface area contributed by atoms with Crippen LogP contribution in [0.25, 0.3) is 0 Å². The summed E-state index contributed by atoms with van der Waals surface area (Å²) in [6.45, 7) is 7.31. The summed E-state index contributed by atoms with van der Waals surface area (Å²) >= 11 is 2.15. The van der Waals surface area contributed by atoms with Gasteiger partial charge in [-0.2, -0.15) is 4.40 Å². The molecule has 152 valence electrons. The molecule has 28 heavy (non-hydrogen) atoms. The Morgan fingerprint density at radius 1 is 1.32 bits per heavy atom. The van der Waals surface area contributed by atoms with Crippen LogP contribution < -0.4 is 5.73 Å². The molecule has 1 fully saturated rings. The molecule has 0 aliphatic heterocycles. The lowest BCUT2D eigenvalue weighted by Gasteiger charge is -2.17. The van der Waals surface area contributed by atoms with Crippen LogP contribution in [-0.2, 0) is 12.0 Å². The maximum absolute atomic E-state index is 14.1. The molecular formula is C21H26F2N2OS2. The summed E-state index contributed by atoms with van der Waals surface area (Å²) in [6.07, 6.45) is 2.55. The molecule has 0 bridgehead atoms. The minimum atomic E-state index is -1.10. The molecule has 1 heterocycles. The second-order valence-electron chi connectivity index (χ2n) is 8.15. The Labute approximate surface area is 173 Å². The minimum absolute atomic E-state index is 0.174. The third-order valence-corrected chi connectivity index (χ3v) is 7.16. The zero-order chi connectivity index (χ0) is 20.6. The van der Waals surface area contributed by atoms with Gasteiger partial charge in [0.05, 0.1) is 5.60 Å². The SMILES string of the molecule is CC(C)c1cc(F)cc(C2CC2)c1C/C(N)=N/Sc1sc(C(C)(C)O)cc1F. The van der Waals surface area contributed by atoms with Gasteiger partial charge in [0, 0.05) is 23.2 Å². The quantitative estimate of drug-likeness (QED) is 0.332. The molecule has 1 saturated carbocycles. The van der Waals surface area contributed by atoms with E-state index in [9.17, 15) is 13.9 Å². The van der Waals surface area contributed by atoms with Crippen molar-refractivity contribution in [2.75, 3.05) is 0 Å². The highest BCUT2D eigenvalue weighted by Gasteiger charge is 2.29. The summed E-state index contributed by atoms with van der Waals surface area (Å²) < 4.78 is 32.9. The van der Waals surface area contributed by atoms with Gasteiger partial charge in [0.15, 0.2) is 0 Å². The van der Waals surface area contributed by atoms with E-state index >= 15 is 0 Å². The summed E-state index contributed by atoms with van der Waals surface area (Å²) in [6, 6.07) is 4.54. The molecule has 2 aromatic rings. The van der Waals surface area contributed by atoms with Crippen molar-refractivity contribution < 1.29 is 13.9 Å².